The Labute approximate surface area is 108 Å². The van der Waals surface area contributed by atoms with Crippen LogP contribution in [0, 0.1) is 0 Å². The van der Waals surface area contributed by atoms with E-state index in [1.165, 1.54) is 11.8 Å². The summed E-state index contributed by atoms with van der Waals surface area (Å²) in [5.41, 5.74) is 10.2. The monoisotopic (exact) mass is 275 g/mol. The Morgan fingerprint density at radius 3 is 2.75 bits per heavy atom. The van der Waals surface area contributed by atoms with E-state index in [2.05, 4.69) is 23.1 Å². The molecule has 0 aliphatic heterocycles. The van der Waals surface area contributed by atoms with E-state index in [0.29, 0.717) is 10.6 Å². The minimum Gasteiger partial charge on any atom is -0.375 e. The van der Waals surface area contributed by atoms with Crippen molar-refractivity contribution in [2.75, 3.05) is 6.26 Å². The van der Waals surface area contributed by atoms with Crippen LogP contribution in [0.4, 0.5) is 0 Å². The molecule has 16 heavy (non-hydrogen) atoms. The average Bonchev–Trinajstić information content (AvgIpc) is 2.26. The zero-order valence-corrected chi connectivity index (χ0v) is 10.8. The fourth-order valence-electron chi connectivity index (χ4n) is 0.991. The summed E-state index contributed by atoms with van der Waals surface area (Å²) >= 11 is 12.0. The lowest BCUT2D eigenvalue weighted by Crippen LogP contribution is -2.44. The highest BCUT2D eigenvalue weighted by atomic mass is 35.5. The molecule has 0 aliphatic rings. The first-order chi connectivity index (χ1) is 7.54. The molecule has 1 amide bonds. The first kappa shape index (κ1) is 13.1. The maximum atomic E-state index is 11.7. The van der Waals surface area contributed by atoms with Crippen LogP contribution in [0.15, 0.2) is 23.1 Å². The summed E-state index contributed by atoms with van der Waals surface area (Å²) < 4.78 is 0. The normalized spacial score (nSPS) is 9.62. The van der Waals surface area contributed by atoms with Crippen LogP contribution in [0.1, 0.15) is 10.4 Å². The number of nitrogens with two attached hydrogens (primary N) is 1. The second kappa shape index (κ2) is 5.93. The Bertz CT molecular complexity index is 425. The van der Waals surface area contributed by atoms with Crippen LogP contribution >= 0.6 is 35.6 Å². The van der Waals surface area contributed by atoms with Crippen molar-refractivity contribution < 1.29 is 4.79 Å². The van der Waals surface area contributed by atoms with Gasteiger partial charge in [0.05, 0.1) is 10.6 Å². The van der Waals surface area contributed by atoms with E-state index in [0.717, 1.165) is 4.90 Å². The average molecular weight is 276 g/mol. The Morgan fingerprint density at radius 2 is 2.19 bits per heavy atom. The number of nitrogens with one attached hydrogen (secondary N) is 2. The van der Waals surface area contributed by atoms with Crippen molar-refractivity contribution in [2.45, 2.75) is 4.90 Å². The number of benzene rings is 1. The van der Waals surface area contributed by atoms with Gasteiger partial charge in [-0.15, -0.1) is 11.8 Å². The summed E-state index contributed by atoms with van der Waals surface area (Å²) in [5, 5.41) is 0.366. The predicted molar refractivity (Wildman–Crippen MR) is 70.6 cm³/mol. The van der Waals surface area contributed by atoms with Crippen molar-refractivity contribution >= 4 is 46.6 Å². The highest BCUT2D eigenvalue weighted by Gasteiger charge is 2.10. The maximum Gasteiger partial charge on any atom is 0.271 e. The van der Waals surface area contributed by atoms with Gasteiger partial charge in [-0.1, -0.05) is 11.6 Å². The van der Waals surface area contributed by atoms with E-state index < -0.39 is 0 Å². The molecule has 0 bridgehead atoms. The Kier molecular flexibility index (Phi) is 4.85. The molecule has 1 aromatic rings. The number of hydrazine groups is 1. The molecule has 0 aliphatic carbocycles. The molecule has 7 heteroatoms. The van der Waals surface area contributed by atoms with Gasteiger partial charge in [0.15, 0.2) is 5.11 Å². The number of rotatable bonds is 2. The van der Waals surface area contributed by atoms with Crippen LogP contribution in [-0.2, 0) is 0 Å². The fraction of sp³-hybridized carbons (Fsp3) is 0.111. The van der Waals surface area contributed by atoms with Gasteiger partial charge in [-0.25, -0.2) is 0 Å². The summed E-state index contributed by atoms with van der Waals surface area (Å²) in [6, 6.07) is 5.21. The molecule has 0 heterocycles. The number of hydrogen-bond acceptors (Lipinski definition) is 3. The molecule has 0 saturated heterocycles. The number of thioether (sulfide) groups is 1. The van der Waals surface area contributed by atoms with E-state index in [9.17, 15) is 4.79 Å². The summed E-state index contributed by atoms with van der Waals surface area (Å²) in [7, 11) is 0. The lowest BCUT2D eigenvalue weighted by atomic mass is 10.2. The van der Waals surface area contributed by atoms with Gasteiger partial charge in [0.1, 0.15) is 0 Å². The molecule has 4 N–H and O–H groups in total. The van der Waals surface area contributed by atoms with Gasteiger partial charge in [-0.3, -0.25) is 15.6 Å². The Hall–Kier alpha value is -0.980. The van der Waals surface area contributed by atoms with Gasteiger partial charge in [-0.05, 0) is 36.7 Å². The van der Waals surface area contributed by atoms with E-state index in [1.807, 2.05) is 12.3 Å². The van der Waals surface area contributed by atoms with Crippen LogP contribution in [0.25, 0.3) is 0 Å². The molecule has 0 spiro atoms. The lowest BCUT2D eigenvalue weighted by Gasteiger charge is -2.08. The number of thiocarbonyl (C=S) groups is 1. The zero-order valence-electron chi connectivity index (χ0n) is 8.41. The van der Waals surface area contributed by atoms with Crippen molar-refractivity contribution in [2.24, 2.45) is 5.73 Å². The van der Waals surface area contributed by atoms with E-state index in [-0.39, 0.29) is 11.0 Å². The third kappa shape index (κ3) is 3.55. The molecule has 0 fully saturated rings. The van der Waals surface area contributed by atoms with Crippen molar-refractivity contribution in [3.8, 4) is 0 Å². The van der Waals surface area contributed by atoms with Gasteiger partial charge < -0.3 is 5.73 Å². The first-order valence-electron chi connectivity index (χ1n) is 4.24. The van der Waals surface area contributed by atoms with Crippen molar-refractivity contribution in [1.29, 1.82) is 0 Å². The minimum absolute atomic E-state index is 0.00880. The molecule has 0 unspecified atom stereocenters. The van der Waals surface area contributed by atoms with E-state index in [4.69, 9.17) is 17.3 Å². The molecule has 1 aromatic carbocycles. The Balaban J connectivity index is 2.85. The summed E-state index contributed by atoms with van der Waals surface area (Å²) in [4.78, 5) is 12.6. The first-order valence-corrected chi connectivity index (χ1v) is 6.25. The highest BCUT2D eigenvalue weighted by molar-refractivity contribution is 7.98. The standard InChI is InChI=1S/C9H10ClN3OS2/c1-16-5-2-3-7(10)6(4-5)8(14)12-13-9(11)15/h2-4H,1H3,(H,12,14)(H3,11,13,15). The molecular weight excluding hydrogens is 266 g/mol. The zero-order chi connectivity index (χ0) is 12.1. The molecule has 0 atom stereocenters. The highest BCUT2D eigenvalue weighted by Crippen LogP contribution is 2.22. The third-order valence-electron chi connectivity index (χ3n) is 1.72. The van der Waals surface area contributed by atoms with Crippen molar-refractivity contribution in [1.82, 2.24) is 10.9 Å². The van der Waals surface area contributed by atoms with Gasteiger partial charge in [0.2, 0.25) is 0 Å². The number of carbonyl (C=O) groups is 1. The number of carbonyl (C=O) groups excluding carboxylic acids is 1. The van der Waals surface area contributed by atoms with Crippen LogP contribution in [0.2, 0.25) is 5.02 Å². The topological polar surface area (TPSA) is 67.2 Å². The number of halogens is 1. The van der Waals surface area contributed by atoms with Crippen LogP contribution < -0.4 is 16.6 Å². The predicted octanol–water partition coefficient (Wildman–Crippen LogP) is 1.54. The van der Waals surface area contributed by atoms with Crippen LogP contribution in [-0.4, -0.2) is 17.3 Å². The largest absolute Gasteiger partial charge is 0.375 e. The van der Waals surface area contributed by atoms with Crippen molar-refractivity contribution in [3.05, 3.63) is 28.8 Å². The second-order valence-corrected chi connectivity index (χ2v) is 4.52. The van der Waals surface area contributed by atoms with Crippen molar-refractivity contribution in [3.63, 3.8) is 0 Å². The molecular formula is C9H10ClN3OS2. The SMILES string of the molecule is CSc1ccc(Cl)c(C(=O)NNC(N)=S)c1. The minimum atomic E-state index is -0.381. The Morgan fingerprint density at radius 1 is 1.50 bits per heavy atom. The second-order valence-electron chi connectivity index (χ2n) is 2.79. The van der Waals surface area contributed by atoms with Gasteiger partial charge in [0.25, 0.3) is 5.91 Å². The number of amides is 1. The van der Waals surface area contributed by atoms with E-state index in [1.54, 1.807) is 12.1 Å². The maximum absolute atomic E-state index is 11.7. The third-order valence-corrected chi connectivity index (χ3v) is 2.87. The fourth-order valence-corrected chi connectivity index (χ4v) is 1.69. The molecule has 86 valence electrons. The lowest BCUT2D eigenvalue weighted by molar-refractivity contribution is 0.0944. The smallest absolute Gasteiger partial charge is 0.271 e. The molecule has 1 rings (SSSR count). The summed E-state index contributed by atoms with van der Waals surface area (Å²) in [6.07, 6.45) is 1.91. The molecule has 4 nitrogen and oxygen atoms in total. The van der Waals surface area contributed by atoms with Gasteiger partial charge in [-0.2, -0.15) is 0 Å². The van der Waals surface area contributed by atoms with Crippen LogP contribution in [0.3, 0.4) is 0 Å². The number of hydrogen-bond donors (Lipinski definition) is 3. The molecule has 0 radical (unpaired) electrons. The summed E-state index contributed by atoms with van der Waals surface area (Å²) in [6.45, 7) is 0. The molecule has 0 aromatic heterocycles. The van der Waals surface area contributed by atoms with E-state index >= 15 is 0 Å². The van der Waals surface area contributed by atoms with Crippen LogP contribution in [0.5, 0.6) is 0 Å². The van der Waals surface area contributed by atoms with Gasteiger partial charge in [0, 0.05) is 4.90 Å². The quantitative estimate of drug-likeness (QED) is 0.434. The molecule has 0 saturated carbocycles. The van der Waals surface area contributed by atoms with Gasteiger partial charge >= 0.3 is 0 Å². The summed E-state index contributed by atoms with van der Waals surface area (Å²) in [5.74, 6) is -0.381.